The van der Waals surface area contributed by atoms with Crippen molar-refractivity contribution in [2.45, 2.75) is 17.5 Å². The summed E-state index contributed by atoms with van der Waals surface area (Å²) < 4.78 is 27.8. The van der Waals surface area contributed by atoms with Crippen molar-refractivity contribution < 1.29 is 8.78 Å². The number of benzene rings is 1. The predicted molar refractivity (Wildman–Crippen MR) is 96.0 cm³/mol. The van der Waals surface area contributed by atoms with E-state index in [0.717, 1.165) is 20.1 Å². The zero-order valence-electron chi connectivity index (χ0n) is 12.2. The van der Waals surface area contributed by atoms with Gasteiger partial charge in [-0.05, 0) is 23.6 Å². The summed E-state index contributed by atoms with van der Waals surface area (Å²) in [5.41, 5.74) is 1.91. The molecule has 3 heterocycles. The minimum atomic E-state index is -2.61. The molecular weight excluding hydrogens is 368 g/mol. The average Bonchev–Trinajstić information content (AvgIpc) is 3.30. The minimum absolute atomic E-state index is 0.317. The van der Waals surface area contributed by atoms with E-state index in [1.165, 1.54) is 11.8 Å². The van der Waals surface area contributed by atoms with Gasteiger partial charge in [-0.1, -0.05) is 30.0 Å². The first kappa shape index (κ1) is 15.7. The first-order valence-electron chi connectivity index (χ1n) is 7.08. The van der Waals surface area contributed by atoms with Crippen LogP contribution in [0.25, 0.3) is 20.9 Å². The van der Waals surface area contributed by atoms with Gasteiger partial charge in [-0.15, -0.1) is 22.7 Å². The predicted octanol–water partition coefficient (Wildman–Crippen LogP) is 5.91. The Hall–Kier alpha value is -1.77. The summed E-state index contributed by atoms with van der Waals surface area (Å²) in [6, 6.07) is 11.0. The van der Waals surface area contributed by atoms with E-state index in [-0.39, 0.29) is 0 Å². The lowest BCUT2D eigenvalue weighted by Crippen LogP contribution is -2.00. The molecule has 0 fully saturated rings. The van der Waals surface area contributed by atoms with Crippen molar-refractivity contribution in [1.29, 1.82) is 0 Å². The quantitative estimate of drug-likeness (QED) is 0.404. The molecule has 0 atom stereocenters. The molecule has 0 spiro atoms. The molecule has 0 aliphatic carbocycles. The third-order valence-electron chi connectivity index (χ3n) is 3.39. The van der Waals surface area contributed by atoms with Gasteiger partial charge in [-0.2, -0.15) is 8.78 Å². The number of fused-ring (bicyclic) bond motifs is 1. The van der Waals surface area contributed by atoms with E-state index in [1.807, 2.05) is 22.9 Å². The maximum Gasteiger partial charge on any atom is 0.321 e. The van der Waals surface area contributed by atoms with Crippen LogP contribution < -0.4 is 0 Å². The largest absolute Gasteiger partial charge is 0.321 e. The van der Waals surface area contributed by atoms with Crippen LogP contribution in [-0.2, 0) is 5.75 Å². The van der Waals surface area contributed by atoms with Gasteiger partial charge in [0.15, 0.2) is 5.16 Å². The Bertz CT molecular complexity index is 960. The first-order chi connectivity index (χ1) is 11.7. The lowest BCUT2D eigenvalue weighted by atomic mass is 10.3. The van der Waals surface area contributed by atoms with Gasteiger partial charge in [0.2, 0.25) is 0 Å². The number of aromatic nitrogens is 3. The van der Waals surface area contributed by atoms with Crippen molar-refractivity contribution in [3.63, 3.8) is 0 Å². The fraction of sp³-hybridized carbons (Fsp3) is 0.125. The van der Waals surface area contributed by atoms with Crippen LogP contribution in [0.3, 0.4) is 0 Å². The Morgan fingerprint density at radius 1 is 1.08 bits per heavy atom. The highest BCUT2D eigenvalue weighted by molar-refractivity contribution is 7.98. The molecule has 0 N–H and O–H groups in total. The van der Waals surface area contributed by atoms with Crippen LogP contribution >= 0.6 is 34.4 Å². The van der Waals surface area contributed by atoms with Crippen LogP contribution in [0.4, 0.5) is 8.78 Å². The zero-order valence-corrected chi connectivity index (χ0v) is 14.7. The van der Waals surface area contributed by atoms with E-state index in [4.69, 9.17) is 0 Å². The monoisotopic (exact) mass is 379 g/mol. The van der Waals surface area contributed by atoms with Gasteiger partial charge < -0.3 is 0 Å². The molecule has 8 heteroatoms. The van der Waals surface area contributed by atoms with Crippen LogP contribution in [0, 0.1) is 0 Å². The van der Waals surface area contributed by atoms with E-state index < -0.39 is 6.55 Å². The van der Waals surface area contributed by atoms with Gasteiger partial charge in [0.05, 0.1) is 21.6 Å². The second-order valence-corrected chi connectivity index (χ2v) is 7.69. The summed E-state index contributed by atoms with van der Waals surface area (Å²) in [5, 5.41) is 5.26. The van der Waals surface area contributed by atoms with Crippen molar-refractivity contribution in [3.8, 4) is 9.88 Å². The van der Waals surface area contributed by atoms with Gasteiger partial charge >= 0.3 is 6.55 Å². The van der Waals surface area contributed by atoms with E-state index in [9.17, 15) is 8.78 Å². The maximum absolute atomic E-state index is 13.4. The van der Waals surface area contributed by atoms with Crippen molar-refractivity contribution in [2.24, 2.45) is 0 Å². The third kappa shape index (κ3) is 2.97. The van der Waals surface area contributed by atoms with E-state index in [2.05, 4.69) is 9.97 Å². The first-order valence-corrected chi connectivity index (χ1v) is 9.83. The molecule has 0 amide bonds. The molecule has 0 unspecified atom stereocenters. The van der Waals surface area contributed by atoms with Crippen LogP contribution in [0.2, 0.25) is 0 Å². The molecule has 0 saturated carbocycles. The Balaban J connectivity index is 1.58. The number of imidazole rings is 1. The Morgan fingerprint density at radius 3 is 2.75 bits per heavy atom. The number of halogens is 2. The number of thiazole rings is 1. The summed E-state index contributed by atoms with van der Waals surface area (Å²) in [6.07, 6.45) is 0. The fourth-order valence-corrected chi connectivity index (χ4v) is 4.98. The van der Waals surface area contributed by atoms with Crippen molar-refractivity contribution >= 4 is 45.5 Å². The third-order valence-corrected chi connectivity index (χ3v) is 6.31. The van der Waals surface area contributed by atoms with E-state index >= 15 is 0 Å². The number of thiophene rings is 1. The number of nitrogens with zero attached hydrogens (tertiary/aromatic N) is 3. The van der Waals surface area contributed by atoms with Crippen molar-refractivity contribution in [3.05, 3.63) is 52.9 Å². The summed E-state index contributed by atoms with van der Waals surface area (Å²) >= 11 is 4.49. The molecule has 4 rings (SSSR count). The molecule has 0 bridgehead atoms. The van der Waals surface area contributed by atoms with Gasteiger partial charge in [-0.25, -0.2) is 9.97 Å². The Kier molecular flexibility index (Phi) is 4.34. The smallest absolute Gasteiger partial charge is 0.261 e. The molecule has 4 aromatic rings. The molecule has 0 aliphatic heterocycles. The molecular formula is C16H11F2N3S3. The zero-order chi connectivity index (χ0) is 16.5. The molecule has 3 nitrogen and oxygen atoms in total. The van der Waals surface area contributed by atoms with Crippen LogP contribution in [0.15, 0.2) is 52.3 Å². The molecule has 0 aliphatic rings. The second kappa shape index (κ2) is 6.62. The Morgan fingerprint density at radius 2 is 1.96 bits per heavy atom. The number of rotatable bonds is 5. The summed E-state index contributed by atoms with van der Waals surface area (Å²) in [6.45, 7) is -2.61. The van der Waals surface area contributed by atoms with Crippen molar-refractivity contribution in [1.82, 2.24) is 14.5 Å². The summed E-state index contributed by atoms with van der Waals surface area (Å²) in [4.78, 5) is 10.0. The SMILES string of the molecule is FC(F)n1c(SCc2csc(-c3cccs3)n2)nc2ccccc21. The average molecular weight is 379 g/mol. The number of hydrogen-bond donors (Lipinski definition) is 0. The number of alkyl halides is 2. The highest BCUT2D eigenvalue weighted by Crippen LogP contribution is 2.33. The van der Waals surface area contributed by atoms with E-state index in [0.29, 0.717) is 21.9 Å². The van der Waals surface area contributed by atoms with Crippen molar-refractivity contribution in [2.75, 3.05) is 0 Å². The highest BCUT2D eigenvalue weighted by Gasteiger charge is 2.18. The molecule has 0 radical (unpaired) electrons. The van der Waals surface area contributed by atoms with Gasteiger partial charge in [0.1, 0.15) is 5.01 Å². The van der Waals surface area contributed by atoms with Crippen LogP contribution in [-0.4, -0.2) is 14.5 Å². The van der Waals surface area contributed by atoms with E-state index in [1.54, 1.807) is 46.9 Å². The van der Waals surface area contributed by atoms with Gasteiger partial charge in [-0.3, -0.25) is 4.57 Å². The molecule has 24 heavy (non-hydrogen) atoms. The lowest BCUT2D eigenvalue weighted by Gasteiger charge is -2.06. The summed E-state index contributed by atoms with van der Waals surface area (Å²) in [5.74, 6) is 0.512. The summed E-state index contributed by atoms with van der Waals surface area (Å²) in [7, 11) is 0. The number of thioether (sulfide) groups is 1. The highest BCUT2D eigenvalue weighted by atomic mass is 32.2. The second-order valence-electron chi connectivity index (χ2n) is 4.94. The van der Waals surface area contributed by atoms with Gasteiger partial charge in [0.25, 0.3) is 0 Å². The maximum atomic E-state index is 13.4. The molecule has 3 aromatic heterocycles. The number of hydrogen-bond acceptors (Lipinski definition) is 5. The normalized spacial score (nSPS) is 11.6. The Labute approximate surface area is 149 Å². The van der Waals surface area contributed by atoms with Crippen LogP contribution in [0.5, 0.6) is 0 Å². The standard InChI is InChI=1S/C16H11F2N3S3/c17-15(18)21-12-5-2-1-4-11(12)20-16(21)24-9-10-8-23-14(19-10)13-6-3-7-22-13/h1-8,15H,9H2. The minimum Gasteiger partial charge on any atom is -0.261 e. The number of para-hydroxylation sites is 2. The van der Waals surface area contributed by atoms with Crippen LogP contribution in [0.1, 0.15) is 12.2 Å². The molecule has 122 valence electrons. The lowest BCUT2D eigenvalue weighted by molar-refractivity contribution is 0.0656. The molecule has 1 aromatic carbocycles. The van der Waals surface area contributed by atoms with Gasteiger partial charge in [0, 0.05) is 11.1 Å². The fourth-order valence-electron chi connectivity index (χ4n) is 2.34. The molecule has 0 saturated heterocycles. The topological polar surface area (TPSA) is 30.7 Å².